The van der Waals surface area contributed by atoms with Crippen LogP contribution in [0.15, 0.2) is 72.8 Å². The van der Waals surface area contributed by atoms with Crippen LogP contribution >= 0.6 is 0 Å². The number of benzene rings is 3. The van der Waals surface area contributed by atoms with E-state index >= 15 is 4.79 Å². The van der Waals surface area contributed by atoms with E-state index in [9.17, 15) is 14.7 Å². The summed E-state index contributed by atoms with van der Waals surface area (Å²) in [5.41, 5.74) is 1.52. The van der Waals surface area contributed by atoms with Gasteiger partial charge >= 0.3 is 0 Å². The van der Waals surface area contributed by atoms with Gasteiger partial charge in [0, 0.05) is 42.4 Å². The maximum absolute atomic E-state index is 15.2. The number of carbonyl (C=O) groups is 3. The molecule has 4 heterocycles. The Morgan fingerprint density at radius 2 is 1.73 bits per heavy atom. The summed E-state index contributed by atoms with van der Waals surface area (Å²) in [5.74, 6) is 0.345. The molecule has 4 aliphatic heterocycles. The number of para-hydroxylation sites is 1. The molecule has 0 bridgehead atoms. The Hall–Kier alpha value is -3.99. The highest BCUT2D eigenvalue weighted by Crippen LogP contribution is 2.61. The number of hydrogen-bond acceptors (Lipinski definition) is 6. The molecule has 1 N–H and O–H groups in total. The van der Waals surface area contributed by atoms with Crippen LogP contribution in [0.3, 0.4) is 0 Å². The topological polar surface area (TPSA) is 99.6 Å². The Bertz CT molecular complexity index is 1730. The second-order valence-electron chi connectivity index (χ2n) is 14.6. The predicted octanol–water partition coefficient (Wildman–Crippen LogP) is 5.48. The zero-order chi connectivity index (χ0) is 34.5. The first-order valence-electron chi connectivity index (χ1n) is 17.7. The smallest absolute Gasteiger partial charge is 0.268 e. The zero-order valence-electron chi connectivity index (χ0n) is 28.9. The molecule has 49 heavy (non-hydrogen) atoms. The Kier molecular flexibility index (Phi) is 8.92. The van der Waals surface area contributed by atoms with E-state index in [0.717, 1.165) is 54.1 Å². The lowest BCUT2D eigenvalue weighted by Crippen LogP contribution is -2.52. The lowest BCUT2D eigenvalue weighted by molar-refractivity contribution is -0.149. The summed E-state index contributed by atoms with van der Waals surface area (Å²) in [7, 11) is -0.824. The third kappa shape index (κ3) is 5.48. The van der Waals surface area contributed by atoms with Gasteiger partial charge in [0.25, 0.3) is 5.91 Å². The summed E-state index contributed by atoms with van der Waals surface area (Å²) in [6.07, 6.45) is 3.52. The number of rotatable bonds is 8. The molecule has 9 nitrogen and oxygen atoms in total. The van der Waals surface area contributed by atoms with Crippen LogP contribution in [0.25, 0.3) is 0 Å². The van der Waals surface area contributed by atoms with Crippen LogP contribution in [-0.4, -0.2) is 74.8 Å². The number of anilines is 3. The number of nitrogens with zero attached hydrogens (tertiary/aromatic N) is 3. The summed E-state index contributed by atoms with van der Waals surface area (Å²) in [5, 5.41) is 11.2. The van der Waals surface area contributed by atoms with Crippen molar-refractivity contribution in [1.82, 2.24) is 4.90 Å². The molecule has 0 aliphatic carbocycles. The van der Waals surface area contributed by atoms with Crippen molar-refractivity contribution in [2.75, 3.05) is 36.6 Å². The van der Waals surface area contributed by atoms with E-state index in [4.69, 9.17) is 9.47 Å². The molecular weight excluding hydrogens is 635 g/mol. The summed E-state index contributed by atoms with van der Waals surface area (Å²) in [4.78, 5) is 47.8. The van der Waals surface area contributed by atoms with E-state index in [1.165, 1.54) is 5.19 Å². The molecule has 3 amide bonds. The standard InChI is InChI=1S/C39H47N3O6Si/c1-26-37(49(3,4)31-18-16-30(47-2)17-19-31)34(24-36(45)41-22-10-13-29(41)25-43)48-39(26)32-23-28(40-21-9-8-14-35(40)44)15-20-33(32)42(38(39)46)27-11-6-5-7-12-27/h5-7,11-12,15-20,23,26,29,34,37,43H,8-10,13-14,21-22,24-25H2,1-4H3/t26-,29-,34+,37-,39+/m0/s1. The van der Waals surface area contributed by atoms with Gasteiger partial charge in [-0.05, 0) is 73.7 Å². The van der Waals surface area contributed by atoms with Gasteiger partial charge in [0.15, 0.2) is 5.60 Å². The first-order valence-corrected chi connectivity index (χ1v) is 20.8. The number of methoxy groups -OCH3 is 1. The SMILES string of the molecule is COc1ccc([Si](C)(C)[C@@H]2[C@@H](CC(=O)N3CCC[C@H]3CO)O[C@]3(C(=O)N(c4ccccc4)c4ccc(N5CCCCC5=O)cc43)[C@H]2C)cc1. The van der Waals surface area contributed by atoms with Crippen LogP contribution in [0.2, 0.25) is 18.6 Å². The van der Waals surface area contributed by atoms with E-state index in [2.05, 4.69) is 32.2 Å². The third-order valence-corrected chi connectivity index (χ3v) is 16.0. The fourth-order valence-corrected chi connectivity index (χ4v) is 13.2. The molecule has 0 radical (unpaired) electrons. The number of piperidine rings is 1. The average Bonchev–Trinajstić information content (AvgIpc) is 3.78. The van der Waals surface area contributed by atoms with Crippen molar-refractivity contribution in [2.45, 2.75) is 81.8 Å². The minimum Gasteiger partial charge on any atom is -0.497 e. The van der Waals surface area contributed by atoms with E-state index < -0.39 is 19.8 Å². The molecular formula is C39H47N3O6Si. The van der Waals surface area contributed by atoms with Crippen molar-refractivity contribution in [2.24, 2.45) is 5.92 Å². The second-order valence-corrected chi connectivity index (χ2v) is 19.3. The van der Waals surface area contributed by atoms with Gasteiger partial charge in [0.2, 0.25) is 11.8 Å². The molecule has 0 unspecified atom stereocenters. The van der Waals surface area contributed by atoms with Gasteiger partial charge in [-0.25, -0.2) is 0 Å². The van der Waals surface area contributed by atoms with Gasteiger partial charge in [-0.2, -0.15) is 0 Å². The van der Waals surface area contributed by atoms with Gasteiger partial charge in [-0.3, -0.25) is 19.3 Å². The molecule has 7 rings (SSSR count). The molecule has 258 valence electrons. The summed E-state index contributed by atoms with van der Waals surface area (Å²) in [6.45, 7) is 7.91. The van der Waals surface area contributed by atoms with E-state index in [1.807, 2.05) is 65.6 Å². The van der Waals surface area contributed by atoms with Crippen molar-refractivity contribution in [3.05, 3.63) is 78.4 Å². The molecule has 3 saturated heterocycles. The number of likely N-dealkylation sites (tertiary alicyclic amines) is 1. The van der Waals surface area contributed by atoms with Crippen LogP contribution in [0, 0.1) is 5.92 Å². The van der Waals surface area contributed by atoms with Crippen LogP contribution in [0.4, 0.5) is 17.1 Å². The van der Waals surface area contributed by atoms with Gasteiger partial charge in [-0.1, -0.05) is 55.5 Å². The molecule has 3 aromatic carbocycles. The van der Waals surface area contributed by atoms with Crippen LogP contribution in [-0.2, 0) is 24.7 Å². The summed E-state index contributed by atoms with van der Waals surface area (Å²) < 4.78 is 12.7. The molecule has 4 aliphatic rings. The van der Waals surface area contributed by atoms with Crippen molar-refractivity contribution in [3.63, 3.8) is 0 Å². The molecule has 0 saturated carbocycles. The van der Waals surface area contributed by atoms with Gasteiger partial charge in [-0.15, -0.1) is 0 Å². The maximum Gasteiger partial charge on any atom is 0.268 e. The van der Waals surface area contributed by atoms with Crippen molar-refractivity contribution >= 4 is 48.0 Å². The van der Waals surface area contributed by atoms with Crippen molar-refractivity contribution < 1.29 is 29.0 Å². The maximum atomic E-state index is 15.2. The van der Waals surface area contributed by atoms with Gasteiger partial charge in [0.05, 0.1) is 46.0 Å². The van der Waals surface area contributed by atoms with Gasteiger partial charge in [0.1, 0.15) is 5.75 Å². The highest BCUT2D eigenvalue weighted by molar-refractivity contribution is 6.91. The summed E-state index contributed by atoms with van der Waals surface area (Å²) in [6, 6.07) is 23.5. The number of fused-ring (bicyclic) bond motifs is 2. The number of aliphatic hydroxyl groups is 1. The molecule has 1 spiro atoms. The minimum absolute atomic E-state index is 0.0476. The first kappa shape index (κ1) is 33.5. The Morgan fingerprint density at radius 1 is 0.980 bits per heavy atom. The number of amides is 3. The van der Waals surface area contributed by atoms with Crippen molar-refractivity contribution in [1.29, 1.82) is 0 Å². The van der Waals surface area contributed by atoms with E-state index in [0.29, 0.717) is 19.5 Å². The monoisotopic (exact) mass is 681 g/mol. The predicted molar refractivity (Wildman–Crippen MR) is 192 cm³/mol. The largest absolute Gasteiger partial charge is 0.497 e. The Labute approximate surface area is 289 Å². The number of carbonyl (C=O) groups excluding carboxylic acids is 3. The van der Waals surface area contributed by atoms with E-state index in [-0.39, 0.29) is 48.3 Å². The summed E-state index contributed by atoms with van der Waals surface area (Å²) >= 11 is 0. The number of ether oxygens (including phenoxy) is 2. The lowest BCUT2D eigenvalue weighted by Gasteiger charge is -2.37. The number of aliphatic hydroxyl groups excluding tert-OH is 1. The lowest BCUT2D eigenvalue weighted by atomic mass is 9.82. The van der Waals surface area contributed by atoms with Gasteiger partial charge < -0.3 is 24.4 Å². The second kappa shape index (κ2) is 13.0. The Morgan fingerprint density at radius 3 is 2.43 bits per heavy atom. The van der Waals surface area contributed by atoms with E-state index in [1.54, 1.807) is 16.9 Å². The highest BCUT2D eigenvalue weighted by Gasteiger charge is 2.67. The van der Waals surface area contributed by atoms with Crippen molar-refractivity contribution in [3.8, 4) is 5.75 Å². The minimum atomic E-state index is -2.48. The molecule has 5 atom stereocenters. The zero-order valence-corrected chi connectivity index (χ0v) is 29.9. The fourth-order valence-electron chi connectivity index (χ4n) is 9.15. The van der Waals surface area contributed by atoms with Crippen LogP contribution in [0.1, 0.15) is 51.0 Å². The highest BCUT2D eigenvalue weighted by atomic mass is 28.3. The van der Waals surface area contributed by atoms with Crippen LogP contribution in [0.5, 0.6) is 5.75 Å². The quantitative estimate of drug-likeness (QED) is 0.317. The molecule has 3 fully saturated rings. The molecule has 10 heteroatoms. The first-order chi connectivity index (χ1) is 23.6. The third-order valence-electron chi connectivity index (χ3n) is 11.7. The molecule has 3 aromatic rings. The fraction of sp³-hybridized carbons (Fsp3) is 0.462. The molecule has 0 aromatic heterocycles. The average molecular weight is 682 g/mol. The normalized spacial score (nSPS) is 26.9. The van der Waals surface area contributed by atoms with Crippen LogP contribution < -0.4 is 19.7 Å². The number of hydrogen-bond donors (Lipinski definition) is 1. The Balaban J connectivity index is 1.37.